The van der Waals surface area contributed by atoms with E-state index in [1.165, 1.54) is 24.3 Å². The Morgan fingerprint density at radius 3 is 2.23 bits per heavy atom. The number of alkyl halides is 5. The maximum atomic E-state index is 13.0. The van der Waals surface area contributed by atoms with Crippen LogP contribution in [0.2, 0.25) is 0 Å². The zero-order chi connectivity index (χ0) is 19.4. The van der Waals surface area contributed by atoms with Gasteiger partial charge < -0.3 is 15.8 Å². The second-order valence-corrected chi connectivity index (χ2v) is 5.25. The van der Waals surface area contributed by atoms with Crippen molar-refractivity contribution in [2.45, 2.75) is 12.1 Å². The van der Waals surface area contributed by atoms with Crippen LogP contribution in [0.3, 0.4) is 0 Å². The van der Waals surface area contributed by atoms with Crippen molar-refractivity contribution in [1.82, 2.24) is 10.3 Å². The van der Waals surface area contributed by atoms with E-state index >= 15 is 0 Å². The molecule has 0 atom stereocenters. The van der Waals surface area contributed by atoms with Gasteiger partial charge in [-0.1, -0.05) is 0 Å². The summed E-state index contributed by atoms with van der Waals surface area (Å²) in [6, 6.07) is 7.22. The van der Waals surface area contributed by atoms with Crippen LogP contribution in [0.4, 0.5) is 22.0 Å². The molecule has 1 aromatic heterocycles. The molecule has 1 aromatic carbocycles. The van der Waals surface area contributed by atoms with E-state index in [2.05, 4.69) is 10.3 Å². The third-order valence-electron chi connectivity index (χ3n) is 3.21. The molecule has 3 N–H and O–H groups in total. The Kier molecular flexibility index (Phi) is 5.76. The number of benzene rings is 1. The number of carbonyl (C=O) groups is 1. The number of amides is 1. The molecule has 0 unspecified atom stereocenters. The lowest BCUT2D eigenvalue weighted by atomic mass is 10.2. The average Bonchev–Trinajstić information content (AvgIpc) is 2.60. The molecular weight excluding hydrogens is 361 g/mol. The fraction of sp³-hybridized carbons (Fsp3) is 0.250. The summed E-state index contributed by atoms with van der Waals surface area (Å²) in [5.41, 5.74) is 4.06. The highest BCUT2D eigenvalue weighted by Gasteiger charge is 2.30. The molecule has 0 fully saturated rings. The van der Waals surface area contributed by atoms with Gasteiger partial charge in [-0.25, -0.2) is 13.8 Å². The second kappa shape index (κ2) is 7.65. The van der Waals surface area contributed by atoms with Crippen molar-refractivity contribution in [2.75, 3.05) is 13.1 Å². The normalized spacial score (nSPS) is 11.9. The Morgan fingerprint density at radius 1 is 1.08 bits per heavy atom. The molecule has 0 aliphatic carbocycles. The highest BCUT2D eigenvalue weighted by Crippen LogP contribution is 2.30. The van der Waals surface area contributed by atoms with E-state index in [9.17, 15) is 26.7 Å². The van der Waals surface area contributed by atoms with Crippen LogP contribution in [-0.2, 0) is 6.18 Å². The molecule has 0 aliphatic heterocycles. The van der Waals surface area contributed by atoms with E-state index in [1.54, 1.807) is 0 Å². The molecule has 0 spiro atoms. The van der Waals surface area contributed by atoms with Crippen LogP contribution < -0.4 is 15.8 Å². The summed E-state index contributed by atoms with van der Waals surface area (Å²) >= 11 is 0. The summed E-state index contributed by atoms with van der Waals surface area (Å²) < 4.78 is 68.6. The van der Waals surface area contributed by atoms with Crippen LogP contribution in [0.5, 0.6) is 11.6 Å². The van der Waals surface area contributed by atoms with Gasteiger partial charge in [0.05, 0.1) is 18.7 Å². The number of aromatic nitrogens is 1. The molecule has 1 amide bonds. The Bertz CT molecular complexity index is 746. The van der Waals surface area contributed by atoms with Crippen molar-refractivity contribution in [3.8, 4) is 11.6 Å². The van der Waals surface area contributed by atoms with Gasteiger partial charge in [0.25, 0.3) is 11.8 Å². The summed E-state index contributed by atoms with van der Waals surface area (Å²) in [7, 11) is 0. The number of hydrogen-bond acceptors (Lipinski definition) is 4. The summed E-state index contributed by atoms with van der Waals surface area (Å²) in [6.07, 6.45) is -3.87. The van der Waals surface area contributed by atoms with E-state index in [0.717, 1.165) is 12.1 Å². The molecule has 140 valence electrons. The van der Waals surface area contributed by atoms with Crippen LogP contribution in [0.15, 0.2) is 42.6 Å². The molecule has 0 saturated carbocycles. The number of hydrogen-bond donors (Lipinski definition) is 2. The topological polar surface area (TPSA) is 77.2 Å². The minimum atomic E-state index is -4.50. The van der Waals surface area contributed by atoms with Crippen LogP contribution in [-0.4, -0.2) is 29.9 Å². The van der Waals surface area contributed by atoms with Crippen LogP contribution >= 0.6 is 0 Å². The van der Waals surface area contributed by atoms with E-state index in [4.69, 9.17) is 10.5 Å². The lowest BCUT2D eigenvalue weighted by Gasteiger charge is -2.14. The Balaban J connectivity index is 1.98. The molecule has 0 saturated heterocycles. The van der Waals surface area contributed by atoms with E-state index < -0.39 is 36.7 Å². The molecule has 26 heavy (non-hydrogen) atoms. The van der Waals surface area contributed by atoms with E-state index in [1.807, 2.05) is 0 Å². The van der Waals surface area contributed by atoms with Gasteiger partial charge in [0.1, 0.15) is 5.75 Å². The predicted molar refractivity (Wildman–Crippen MR) is 82.1 cm³/mol. The summed E-state index contributed by atoms with van der Waals surface area (Å²) in [4.78, 5) is 15.3. The predicted octanol–water partition coefficient (Wildman–Crippen LogP) is 3.22. The lowest BCUT2D eigenvalue weighted by Crippen LogP contribution is -2.41. The SMILES string of the molecule is NCC(F)(F)CNC(=O)c1ccc(Oc2ccc(C(F)(F)F)cn2)cc1. The third-order valence-corrected chi connectivity index (χ3v) is 3.21. The fourth-order valence-corrected chi connectivity index (χ4v) is 1.79. The monoisotopic (exact) mass is 375 g/mol. The van der Waals surface area contributed by atoms with E-state index in [-0.39, 0.29) is 17.2 Å². The summed E-state index contributed by atoms with van der Waals surface area (Å²) in [6.45, 7) is -1.78. The van der Waals surface area contributed by atoms with Gasteiger partial charge in [0.15, 0.2) is 0 Å². The molecule has 2 rings (SSSR count). The van der Waals surface area contributed by atoms with Crippen molar-refractivity contribution in [2.24, 2.45) is 5.73 Å². The van der Waals surface area contributed by atoms with Crippen molar-refractivity contribution < 1.29 is 31.5 Å². The maximum Gasteiger partial charge on any atom is 0.417 e. The summed E-state index contributed by atoms with van der Waals surface area (Å²) in [5, 5.41) is 2.05. The van der Waals surface area contributed by atoms with Crippen LogP contribution in [0, 0.1) is 0 Å². The maximum absolute atomic E-state index is 13.0. The molecule has 0 aliphatic rings. The number of pyridine rings is 1. The number of ether oxygens (including phenoxy) is 1. The Hall–Kier alpha value is -2.75. The zero-order valence-corrected chi connectivity index (χ0v) is 13.2. The number of nitrogens with two attached hydrogens (primary N) is 1. The average molecular weight is 375 g/mol. The highest BCUT2D eigenvalue weighted by atomic mass is 19.4. The minimum absolute atomic E-state index is 0.0715. The molecule has 5 nitrogen and oxygen atoms in total. The molecule has 10 heteroatoms. The van der Waals surface area contributed by atoms with Gasteiger partial charge in [-0.2, -0.15) is 13.2 Å². The van der Waals surface area contributed by atoms with Gasteiger partial charge in [-0.3, -0.25) is 4.79 Å². The van der Waals surface area contributed by atoms with Gasteiger partial charge in [-0.15, -0.1) is 0 Å². The van der Waals surface area contributed by atoms with Crippen molar-refractivity contribution in [1.29, 1.82) is 0 Å². The van der Waals surface area contributed by atoms with Crippen molar-refractivity contribution in [3.63, 3.8) is 0 Å². The molecule has 1 heterocycles. The van der Waals surface area contributed by atoms with Gasteiger partial charge in [-0.05, 0) is 30.3 Å². The number of carbonyl (C=O) groups excluding carboxylic acids is 1. The van der Waals surface area contributed by atoms with Crippen molar-refractivity contribution >= 4 is 5.91 Å². The quantitative estimate of drug-likeness (QED) is 0.760. The van der Waals surface area contributed by atoms with Crippen LogP contribution in [0.25, 0.3) is 0 Å². The molecule has 0 bridgehead atoms. The first-order chi connectivity index (χ1) is 12.1. The first-order valence-corrected chi connectivity index (χ1v) is 7.28. The first kappa shape index (κ1) is 19.6. The Labute approximate surface area is 145 Å². The third kappa shape index (κ3) is 5.38. The highest BCUT2D eigenvalue weighted by molar-refractivity contribution is 5.94. The molecule has 0 radical (unpaired) electrons. The van der Waals surface area contributed by atoms with E-state index in [0.29, 0.717) is 6.20 Å². The largest absolute Gasteiger partial charge is 0.439 e. The summed E-state index contributed by atoms with van der Waals surface area (Å²) in [5.74, 6) is -3.79. The minimum Gasteiger partial charge on any atom is -0.439 e. The molecular formula is C16H14F5N3O2. The fourth-order valence-electron chi connectivity index (χ4n) is 1.79. The van der Waals surface area contributed by atoms with Crippen LogP contribution in [0.1, 0.15) is 15.9 Å². The number of rotatable bonds is 6. The smallest absolute Gasteiger partial charge is 0.417 e. The number of nitrogens with zero attached hydrogens (tertiary/aromatic N) is 1. The van der Waals surface area contributed by atoms with Gasteiger partial charge in [0, 0.05) is 17.8 Å². The standard InChI is InChI=1S/C16H14F5N3O2/c17-15(18,8-22)9-24-14(25)10-1-4-12(5-2-10)26-13-6-3-11(7-23-13)16(19,20)21/h1-7H,8-9,22H2,(H,24,25). The lowest BCUT2D eigenvalue weighted by molar-refractivity contribution is -0.137. The molecule has 2 aromatic rings. The number of nitrogens with one attached hydrogen (secondary N) is 1. The Morgan fingerprint density at radius 2 is 1.73 bits per heavy atom. The van der Waals surface area contributed by atoms with Gasteiger partial charge in [0.2, 0.25) is 5.88 Å². The second-order valence-electron chi connectivity index (χ2n) is 5.25. The van der Waals surface area contributed by atoms with Crippen molar-refractivity contribution in [3.05, 3.63) is 53.7 Å². The first-order valence-electron chi connectivity index (χ1n) is 7.28. The van der Waals surface area contributed by atoms with Gasteiger partial charge >= 0.3 is 6.18 Å². The zero-order valence-electron chi connectivity index (χ0n) is 13.2. The number of halogens is 5.